The molecule has 68 valence electrons. The number of rotatable bonds is 0. The molecule has 0 aromatic heterocycles. The van der Waals surface area contributed by atoms with Crippen LogP contribution in [0.15, 0.2) is 23.1 Å². The third-order valence-electron chi connectivity index (χ3n) is 0.880. The molecule has 0 aromatic carbocycles. The Labute approximate surface area is 127 Å². The van der Waals surface area contributed by atoms with E-state index < -0.39 is 0 Å². The average Bonchev–Trinajstić information content (AvgIpc) is 2.67. The van der Waals surface area contributed by atoms with Crippen molar-refractivity contribution >= 4 is 37.9 Å². The summed E-state index contributed by atoms with van der Waals surface area (Å²) in [7, 11) is 0. The summed E-state index contributed by atoms with van der Waals surface area (Å²) in [6, 6.07) is 0. The van der Waals surface area contributed by atoms with Crippen molar-refractivity contribution in [3.05, 3.63) is 34.0 Å². The Morgan fingerprint density at radius 1 is 1.31 bits per heavy atom. The third-order valence-corrected chi connectivity index (χ3v) is 20.7. The second-order valence-electron chi connectivity index (χ2n) is 1.61. The van der Waals surface area contributed by atoms with Crippen molar-refractivity contribution < 1.29 is 51.0 Å². The fourth-order valence-electron chi connectivity index (χ4n) is 0.485. The van der Waals surface area contributed by atoms with Crippen LogP contribution in [0.3, 0.4) is 0 Å². The smallest absolute Gasteiger partial charge is 1.00 e. The van der Waals surface area contributed by atoms with Crippen LogP contribution < -0.4 is 24.8 Å². The maximum absolute atomic E-state index is 3.29. The molecule has 1 atom stereocenters. The Morgan fingerprint density at radius 2 is 2.08 bits per heavy atom. The Balaban J connectivity index is -0.000000125. The van der Waals surface area contributed by atoms with Gasteiger partial charge in [-0.3, -0.25) is 6.08 Å². The van der Waals surface area contributed by atoms with E-state index in [0.717, 1.165) is 17.5 Å². The number of hydrogen-bond acceptors (Lipinski definition) is 0. The van der Waals surface area contributed by atoms with Crippen LogP contribution in [0, 0.1) is 10.9 Å². The van der Waals surface area contributed by atoms with Gasteiger partial charge in [0.15, 0.2) is 0 Å². The van der Waals surface area contributed by atoms with E-state index in [1.165, 1.54) is 0 Å². The van der Waals surface area contributed by atoms with Crippen LogP contribution in [0.4, 0.5) is 0 Å². The SMILES string of the molecule is [C-]1=CC=CC1.[C-]1=C[AsH][As]=[As]1.[Cl-].[Cl-].[Zr+4]. The molecule has 1 unspecified atom stereocenters. The molecule has 0 saturated heterocycles. The van der Waals surface area contributed by atoms with Gasteiger partial charge in [0.25, 0.3) is 0 Å². The minimum atomic E-state index is 0. The molecule has 0 bridgehead atoms. The monoisotopic (exact) mass is 476 g/mol. The second-order valence-corrected chi connectivity index (χ2v) is 22.6. The Kier molecular flexibility index (Phi) is 26.8. The summed E-state index contributed by atoms with van der Waals surface area (Å²) in [5.74, 6) is 0. The summed E-state index contributed by atoms with van der Waals surface area (Å²) < 4.78 is 0. The molecule has 0 amide bonds. The van der Waals surface area contributed by atoms with Gasteiger partial charge in [-0.15, -0.1) is 6.42 Å². The first-order valence-corrected chi connectivity index (χ1v) is 16.1. The molecule has 2 aliphatic rings. The van der Waals surface area contributed by atoms with Crippen LogP contribution in [-0.2, 0) is 26.2 Å². The molecule has 0 spiro atoms. The first-order valence-electron chi connectivity index (χ1n) is 2.94. The fourth-order valence-corrected chi connectivity index (χ4v) is 20.6. The maximum atomic E-state index is 3.29. The summed E-state index contributed by atoms with van der Waals surface area (Å²) in [6.45, 7) is 0. The van der Waals surface area contributed by atoms with E-state index in [9.17, 15) is 0 Å². The summed E-state index contributed by atoms with van der Waals surface area (Å²) in [5, 5.41) is 0. The molecule has 1 heterocycles. The van der Waals surface area contributed by atoms with Crippen LogP contribution in [0.5, 0.6) is 0 Å². The van der Waals surface area contributed by atoms with Crippen molar-refractivity contribution in [2.24, 2.45) is 0 Å². The Bertz CT molecular complexity index is 160. The van der Waals surface area contributed by atoms with Gasteiger partial charge >= 0.3 is 73.8 Å². The van der Waals surface area contributed by atoms with Gasteiger partial charge in [-0.25, -0.2) is 12.2 Å². The van der Waals surface area contributed by atoms with Crippen LogP contribution in [0.25, 0.3) is 0 Å². The van der Waals surface area contributed by atoms with E-state index in [4.69, 9.17) is 0 Å². The summed E-state index contributed by atoms with van der Waals surface area (Å²) in [6.07, 6.45) is 10.0. The molecule has 13 heavy (non-hydrogen) atoms. The second kappa shape index (κ2) is 16.8. The minimum Gasteiger partial charge on any atom is -1.00 e. The largest absolute Gasteiger partial charge is 4.00 e. The first-order chi connectivity index (χ1) is 5.00. The molecule has 0 fully saturated rings. The normalized spacial score (nSPS) is 17.8. The van der Waals surface area contributed by atoms with Gasteiger partial charge in [0.2, 0.25) is 0 Å². The van der Waals surface area contributed by atoms with Gasteiger partial charge in [-0.05, 0) is 0 Å². The van der Waals surface area contributed by atoms with Gasteiger partial charge in [0, 0.05) is 0 Å². The summed E-state index contributed by atoms with van der Waals surface area (Å²) in [5.41, 5.74) is 0. The zero-order valence-electron chi connectivity index (χ0n) is 6.67. The van der Waals surface area contributed by atoms with Gasteiger partial charge < -0.3 is 24.8 Å². The molecule has 0 radical (unpaired) electrons. The molecule has 0 saturated carbocycles. The predicted octanol–water partition coefficient (Wildman–Crippen LogP) is -5.74. The predicted molar refractivity (Wildman–Crippen MR) is 48.0 cm³/mol. The zero-order valence-corrected chi connectivity index (χ0v) is 16.5. The van der Waals surface area contributed by atoms with E-state index in [-0.39, 0.29) is 51.0 Å². The topological polar surface area (TPSA) is 0 Å². The van der Waals surface area contributed by atoms with E-state index in [1.54, 1.807) is 0 Å². The number of hydrogen-bond donors (Lipinski definition) is 0. The van der Waals surface area contributed by atoms with Crippen LogP contribution >= 0.6 is 0 Å². The van der Waals surface area contributed by atoms with Crippen molar-refractivity contribution in [1.29, 1.82) is 0 Å². The van der Waals surface area contributed by atoms with E-state index in [1.807, 2.05) is 12.2 Å². The third kappa shape index (κ3) is 14.4. The van der Waals surface area contributed by atoms with E-state index >= 15 is 0 Å². The van der Waals surface area contributed by atoms with Crippen molar-refractivity contribution in [3.63, 3.8) is 0 Å². The molecule has 6 heteroatoms. The molecular formula is C7H7As3Cl2Zr. The van der Waals surface area contributed by atoms with Crippen LogP contribution in [0.2, 0.25) is 0 Å². The average molecular weight is 478 g/mol. The van der Waals surface area contributed by atoms with Crippen LogP contribution in [0.1, 0.15) is 6.42 Å². The van der Waals surface area contributed by atoms with E-state index in [2.05, 4.69) is 21.9 Å². The van der Waals surface area contributed by atoms with E-state index in [0.29, 0.717) is 26.8 Å². The van der Waals surface area contributed by atoms with Gasteiger partial charge in [0.1, 0.15) is 0 Å². The number of halogens is 2. The fraction of sp³-hybridized carbons (Fsp3) is 0.143. The van der Waals surface area contributed by atoms with Gasteiger partial charge in [-0.2, -0.15) is 6.08 Å². The first kappa shape index (κ1) is 20.7. The Morgan fingerprint density at radius 3 is 2.23 bits per heavy atom. The Hall–Kier alpha value is 2.36. The molecule has 1 aliphatic heterocycles. The molecule has 0 N–H and O–H groups in total. The van der Waals surface area contributed by atoms with Crippen LogP contribution in [-0.4, -0.2) is 37.9 Å². The summed E-state index contributed by atoms with van der Waals surface area (Å²) >= 11 is 2.14. The zero-order chi connectivity index (χ0) is 7.07. The molecule has 1 aliphatic carbocycles. The maximum Gasteiger partial charge on any atom is 4.00 e. The minimum absolute atomic E-state index is 0. The summed E-state index contributed by atoms with van der Waals surface area (Å²) in [4.78, 5) is 5.61. The van der Waals surface area contributed by atoms with Gasteiger partial charge in [0.05, 0.1) is 0 Å². The van der Waals surface area contributed by atoms with Crippen molar-refractivity contribution in [2.75, 3.05) is 0 Å². The van der Waals surface area contributed by atoms with Gasteiger partial charge in [-0.1, -0.05) is 0 Å². The molecular weight excluding hydrogens is 471 g/mol. The molecule has 0 nitrogen and oxygen atoms in total. The van der Waals surface area contributed by atoms with Crippen molar-refractivity contribution in [2.45, 2.75) is 6.42 Å². The standard InChI is InChI=1S/C5H5.C2H2As3.2ClH.Zr/c2*1-2-4-5-3-1;;;/h1-3H,4H2;1,3H;2*1H;/q2*-1;;;+4/p-2. The quantitative estimate of drug-likeness (QED) is 0.241. The molecule has 2 rings (SSSR count). The number of allylic oxidation sites excluding steroid dienone is 4. The molecule has 0 aromatic rings. The van der Waals surface area contributed by atoms with Crippen molar-refractivity contribution in [3.8, 4) is 0 Å². The van der Waals surface area contributed by atoms with Crippen molar-refractivity contribution in [1.82, 2.24) is 0 Å².